The van der Waals surface area contributed by atoms with Gasteiger partial charge < -0.3 is 4.42 Å². The van der Waals surface area contributed by atoms with Gasteiger partial charge in [-0.2, -0.15) is 0 Å². The first-order chi connectivity index (χ1) is 28.2. The van der Waals surface area contributed by atoms with E-state index < -0.39 is 0 Å². The molecule has 1 unspecified atom stereocenters. The molecule has 3 aliphatic rings. The summed E-state index contributed by atoms with van der Waals surface area (Å²) in [5, 5.41) is 4.40. The van der Waals surface area contributed by atoms with Crippen molar-refractivity contribution in [2.45, 2.75) is 12.3 Å². The van der Waals surface area contributed by atoms with E-state index in [-0.39, 0.29) is 5.92 Å². The molecule has 0 fully saturated rings. The highest BCUT2D eigenvalue weighted by Crippen LogP contribution is 2.48. The lowest BCUT2D eigenvalue weighted by Gasteiger charge is -2.33. The number of para-hydroxylation sites is 1. The molecule has 0 amide bonds. The van der Waals surface area contributed by atoms with Gasteiger partial charge in [0, 0.05) is 38.9 Å². The van der Waals surface area contributed by atoms with Crippen LogP contribution in [0.3, 0.4) is 0 Å². The van der Waals surface area contributed by atoms with E-state index in [1.165, 1.54) is 27.8 Å². The first-order valence-corrected chi connectivity index (χ1v) is 19.5. The highest BCUT2D eigenvalue weighted by Gasteiger charge is 2.32. The Bertz CT molecular complexity index is 3240. The average Bonchev–Trinajstić information content (AvgIpc) is 3.67. The van der Waals surface area contributed by atoms with Crippen LogP contribution >= 0.6 is 0 Å². The molecule has 1 atom stereocenters. The molecule has 3 aromatic heterocycles. The van der Waals surface area contributed by atoms with Crippen molar-refractivity contribution in [3.05, 3.63) is 204 Å². The summed E-state index contributed by atoms with van der Waals surface area (Å²) in [7, 11) is 0. The summed E-state index contributed by atoms with van der Waals surface area (Å²) in [4.78, 5) is 15.6. The normalized spacial score (nSPS) is 15.2. The standard InChI is InChI=1S/C53H33N3O/c1-2-9-34(10-3-1)45-31-46(55-52(54-45)43-30-28-38-24-23-36-11-8-12-37-27-29-41(43)49(38)48(36)37)35-21-17-32(18-22-35)33-19-25-39(26-20-33)51-42-14-5-4-13-40(42)50-44-15-6-7-16-47(44)57-53(50)56-51/h1-23,25-31,48H,24H2. The zero-order valence-corrected chi connectivity index (χ0v) is 30.9. The zero-order valence-electron chi connectivity index (χ0n) is 30.9. The number of furan rings is 1. The number of pyridine rings is 1. The predicted octanol–water partition coefficient (Wildman–Crippen LogP) is 13.3. The van der Waals surface area contributed by atoms with Gasteiger partial charge in [0.25, 0.3) is 0 Å². The Morgan fingerprint density at radius 3 is 1.98 bits per heavy atom. The van der Waals surface area contributed by atoms with Crippen molar-refractivity contribution < 1.29 is 4.42 Å². The first kappa shape index (κ1) is 31.9. The summed E-state index contributed by atoms with van der Waals surface area (Å²) in [5.74, 6) is 1.01. The van der Waals surface area contributed by atoms with Crippen molar-refractivity contribution >= 4 is 38.9 Å². The van der Waals surface area contributed by atoms with Crippen molar-refractivity contribution in [1.29, 1.82) is 0 Å². The van der Waals surface area contributed by atoms with Crippen molar-refractivity contribution in [3.8, 4) is 56.3 Å². The Kier molecular flexibility index (Phi) is 7.02. The van der Waals surface area contributed by atoms with E-state index in [0.29, 0.717) is 5.71 Å². The zero-order chi connectivity index (χ0) is 37.5. The van der Waals surface area contributed by atoms with Crippen LogP contribution in [0.5, 0.6) is 0 Å². The monoisotopic (exact) mass is 727 g/mol. The van der Waals surface area contributed by atoms with Crippen LogP contribution in [0.25, 0.3) is 95.2 Å². The molecule has 3 aliphatic carbocycles. The first-order valence-electron chi connectivity index (χ1n) is 19.5. The molecule has 9 aromatic rings. The van der Waals surface area contributed by atoms with Gasteiger partial charge in [0.15, 0.2) is 5.82 Å². The molecule has 0 spiro atoms. The average molecular weight is 728 g/mol. The third kappa shape index (κ3) is 5.11. The van der Waals surface area contributed by atoms with Crippen LogP contribution in [0, 0.1) is 0 Å². The highest BCUT2D eigenvalue weighted by molar-refractivity contribution is 6.20. The van der Waals surface area contributed by atoms with E-state index in [1.54, 1.807) is 0 Å². The predicted molar refractivity (Wildman–Crippen MR) is 233 cm³/mol. The van der Waals surface area contributed by atoms with Crippen LogP contribution in [-0.2, 0) is 6.42 Å². The summed E-state index contributed by atoms with van der Waals surface area (Å²) in [6, 6.07) is 51.1. The van der Waals surface area contributed by atoms with Gasteiger partial charge >= 0.3 is 0 Å². The van der Waals surface area contributed by atoms with Gasteiger partial charge in [-0.15, -0.1) is 0 Å². The van der Waals surface area contributed by atoms with Gasteiger partial charge in [-0.3, -0.25) is 0 Å². The summed E-state index contributed by atoms with van der Waals surface area (Å²) in [6.07, 6.45) is 14.5. The van der Waals surface area contributed by atoms with Crippen molar-refractivity contribution in [2.24, 2.45) is 0 Å². The van der Waals surface area contributed by atoms with E-state index in [9.17, 15) is 0 Å². The Morgan fingerprint density at radius 2 is 1.19 bits per heavy atom. The van der Waals surface area contributed by atoms with Gasteiger partial charge in [0.1, 0.15) is 5.58 Å². The fraction of sp³-hybridized carbons (Fsp3) is 0.0377. The molecular formula is C53H33N3O. The van der Waals surface area contributed by atoms with Crippen LogP contribution in [0.2, 0.25) is 0 Å². The van der Waals surface area contributed by atoms with E-state index in [0.717, 1.165) is 89.8 Å². The third-order valence-electron chi connectivity index (χ3n) is 11.9. The molecule has 3 heterocycles. The number of fused-ring (bicyclic) bond motifs is 5. The molecule has 4 heteroatoms. The number of aromatic nitrogens is 3. The van der Waals surface area contributed by atoms with E-state index in [4.69, 9.17) is 19.4 Å². The molecule has 266 valence electrons. The quantitative estimate of drug-likeness (QED) is 0.177. The van der Waals surface area contributed by atoms with E-state index >= 15 is 0 Å². The second kappa shape index (κ2) is 12.6. The molecule has 12 rings (SSSR count). The lowest BCUT2D eigenvalue weighted by molar-refractivity contribution is 0.655. The van der Waals surface area contributed by atoms with Gasteiger partial charge in [-0.25, -0.2) is 15.0 Å². The van der Waals surface area contributed by atoms with Gasteiger partial charge in [0.2, 0.25) is 5.71 Å². The number of allylic oxidation sites excluding steroid dienone is 7. The van der Waals surface area contributed by atoms with E-state index in [2.05, 4.69) is 164 Å². The number of rotatable bonds is 5. The Balaban J connectivity index is 0.913. The summed E-state index contributed by atoms with van der Waals surface area (Å²) in [6.45, 7) is 0. The van der Waals surface area contributed by atoms with Gasteiger partial charge in [-0.05, 0) is 62.9 Å². The molecule has 0 N–H and O–H groups in total. The van der Waals surface area contributed by atoms with Crippen LogP contribution in [-0.4, -0.2) is 15.0 Å². The minimum atomic E-state index is 0.271. The third-order valence-corrected chi connectivity index (χ3v) is 11.9. The molecule has 0 radical (unpaired) electrons. The topological polar surface area (TPSA) is 51.8 Å². The van der Waals surface area contributed by atoms with Crippen LogP contribution in [0.4, 0.5) is 0 Å². The van der Waals surface area contributed by atoms with Crippen molar-refractivity contribution in [2.75, 3.05) is 0 Å². The van der Waals surface area contributed by atoms with Gasteiger partial charge in [0.05, 0.1) is 22.5 Å². The fourth-order valence-electron chi connectivity index (χ4n) is 9.10. The number of hydrogen-bond donors (Lipinski definition) is 0. The molecule has 0 saturated carbocycles. The molecule has 0 saturated heterocycles. The molecule has 4 nitrogen and oxygen atoms in total. The minimum Gasteiger partial charge on any atom is -0.438 e. The number of hydrogen-bond acceptors (Lipinski definition) is 4. The second-order valence-electron chi connectivity index (χ2n) is 15.1. The van der Waals surface area contributed by atoms with Gasteiger partial charge in [-0.1, -0.05) is 170 Å². The smallest absolute Gasteiger partial charge is 0.228 e. The van der Waals surface area contributed by atoms with Crippen LogP contribution in [0.1, 0.15) is 22.6 Å². The highest BCUT2D eigenvalue weighted by atomic mass is 16.3. The lowest BCUT2D eigenvalue weighted by atomic mass is 9.70. The SMILES string of the molecule is C1=CC2=CCc3ccc(-c4nc(-c5ccccc5)cc(-c5ccc(-c6ccc(-c7nc8oc9ccccc9c8c8ccccc78)cc6)cc5)n4)c4c3C2C(=C1)C=C4. The maximum absolute atomic E-state index is 6.25. The van der Waals surface area contributed by atoms with Crippen LogP contribution in [0.15, 0.2) is 192 Å². The lowest BCUT2D eigenvalue weighted by Crippen LogP contribution is -2.18. The second-order valence-corrected chi connectivity index (χ2v) is 15.1. The summed E-state index contributed by atoms with van der Waals surface area (Å²) in [5.41, 5.74) is 17.5. The van der Waals surface area contributed by atoms with Crippen LogP contribution < -0.4 is 0 Å². The Labute approximate surface area is 329 Å². The molecule has 57 heavy (non-hydrogen) atoms. The van der Waals surface area contributed by atoms with Crippen molar-refractivity contribution in [3.63, 3.8) is 0 Å². The number of benzene rings is 6. The molecule has 6 aromatic carbocycles. The fourth-order valence-corrected chi connectivity index (χ4v) is 9.10. The number of nitrogens with zero attached hydrogens (tertiary/aromatic N) is 3. The molecule has 0 aliphatic heterocycles. The largest absolute Gasteiger partial charge is 0.438 e. The maximum Gasteiger partial charge on any atom is 0.228 e. The molecule has 0 bridgehead atoms. The summed E-state index contributed by atoms with van der Waals surface area (Å²) < 4.78 is 6.25. The minimum absolute atomic E-state index is 0.271. The Hall–Kier alpha value is -7.43. The maximum atomic E-state index is 6.25. The Morgan fingerprint density at radius 1 is 0.526 bits per heavy atom. The van der Waals surface area contributed by atoms with E-state index in [1.807, 2.05) is 18.2 Å². The van der Waals surface area contributed by atoms with Crippen molar-refractivity contribution in [1.82, 2.24) is 15.0 Å². The molecular weight excluding hydrogens is 695 g/mol. The summed E-state index contributed by atoms with van der Waals surface area (Å²) >= 11 is 0.